The second kappa shape index (κ2) is 5.60. The lowest BCUT2D eigenvalue weighted by atomic mass is 9.90. The first-order valence-corrected chi connectivity index (χ1v) is 6.41. The van der Waals surface area contributed by atoms with Gasteiger partial charge in [-0.15, -0.1) is 0 Å². The van der Waals surface area contributed by atoms with Crippen molar-refractivity contribution in [3.05, 3.63) is 0 Å². The molecule has 0 aromatic carbocycles. The first kappa shape index (κ1) is 16.1. The molecule has 0 radical (unpaired) electrons. The number of halogens is 3. The molecule has 1 rings (SSSR count). The van der Waals surface area contributed by atoms with E-state index in [-0.39, 0.29) is 25.7 Å². The van der Waals surface area contributed by atoms with Gasteiger partial charge in [0.15, 0.2) is 0 Å². The predicted octanol–water partition coefficient (Wildman–Crippen LogP) is 2.31. The predicted molar refractivity (Wildman–Crippen MR) is 67.9 cm³/mol. The van der Waals surface area contributed by atoms with Gasteiger partial charge in [-0.2, -0.15) is 0 Å². The molecule has 1 aliphatic rings. The Balaban J connectivity index is 2.53. The van der Waals surface area contributed by atoms with Crippen LogP contribution < -0.4 is 0 Å². The van der Waals surface area contributed by atoms with E-state index < -0.39 is 25.1 Å². The highest BCUT2D eigenvalue weighted by Crippen LogP contribution is 2.18. The lowest BCUT2D eigenvalue weighted by Crippen LogP contribution is -2.57. The van der Waals surface area contributed by atoms with E-state index in [0.717, 1.165) is 0 Å². The molecule has 1 amide bonds. The molecule has 0 aromatic heterocycles. The van der Waals surface area contributed by atoms with E-state index in [1.165, 1.54) is 9.80 Å². The summed E-state index contributed by atoms with van der Waals surface area (Å²) in [6, 6.07) is -0.276. The number of hydrogen-bond acceptors (Lipinski definition) is 3. The molecule has 112 valence electrons. The number of ether oxygens (including phenoxy) is 1. The lowest BCUT2D eigenvalue weighted by molar-refractivity contribution is 0.00272. The third kappa shape index (κ3) is 5.71. The van der Waals surface area contributed by atoms with Crippen molar-refractivity contribution >= 4 is 13.1 Å². The van der Waals surface area contributed by atoms with Gasteiger partial charge in [0.25, 0.3) is 0 Å². The zero-order valence-electron chi connectivity index (χ0n) is 11.8. The zero-order chi connectivity index (χ0) is 14.8. The van der Waals surface area contributed by atoms with E-state index in [4.69, 9.17) is 4.74 Å². The van der Waals surface area contributed by atoms with E-state index in [9.17, 15) is 17.7 Å². The number of amides is 1. The molecule has 0 spiro atoms. The minimum atomic E-state index is -4.82. The minimum absolute atomic E-state index is 0.223. The van der Waals surface area contributed by atoms with Gasteiger partial charge in [-0.1, -0.05) is 0 Å². The fourth-order valence-corrected chi connectivity index (χ4v) is 2.08. The van der Waals surface area contributed by atoms with E-state index in [1.54, 1.807) is 27.7 Å². The maximum Gasteiger partial charge on any atom is 0.492 e. The van der Waals surface area contributed by atoms with Crippen LogP contribution in [0.3, 0.4) is 0 Å². The number of nitrogens with zero attached hydrogens (tertiary/aromatic N) is 2. The van der Waals surface area contributed by atoms with Crippen LogP contribution in [0.4, 0.5) is 17.7 Å². The summed E-state index contributed by atoms with van der Waals surface area (Å²) in [5, 5.41) is 0. The molecule has 19 heavy (non-hydrogen) atoms. The van der Waals surface area contributed by atoms with Crippen molar-refractivity contribution in [3.63, 3.8) is 0 Å². The molecule has 0 unspecified atom stereocenters. The molecule has 0 bridgehead atoms. The summed E-state index contributed by atoms with van der Waals surface area (Å²) in [7, 11) is 0. The van der Waals surface area contributed by atoms with E-state index in [1.807, 2.05) is 0 Å². The van der Waals surface area contributed by atoms with Crippen LogP contribution in [0.25, 0.3) is 0 Å². The van der Waals surface area contributed by atoms with Crippen molar-refractivity contribution in [3.8, 4) is 0 Å². The summed E-state index contributed by atoms with van der Waals surface area (Å²) >= 11 is 0. The minimum Gasteiger partial charge on any atom is -0.448 e. The molecule has 1 saturated heterocycles. The Morgan fingerprint density at radius 3 is 2.32 bits per heavy atom. The van der Waals surface area contributed by atoms with Crippen LogP contribution in [0.5, 0.6) is 0 Å². The van der Waals surface area contributed by atoms with Gasteiger partial charge in [0, 0.05) is 25.7 Å². The van der Waals surface area contributed by atoms with Gasteiger partial charge in [-0.3, -0.25) is 0 Å². The van der Waals surface area contributed by atoms with E-state index >= 15 is 0 Å². The highest BCUT2D eigenvalue weighted by atomic mass is 19.4. The van der Waals surface area contributed by atoms with Crippen molar-refractivity contribution in [2.24, 2.45) is 0 Å². The fourth-order valence-electron chi connectivity index (χ4n) is 2.08. The number of carbonyl (C=O) groups excluding carboxylic acids is 1. The molecule has 1 heterocycles. The number of hydrogen-bond donors (Lipinski definition) is 0. The quantitative estimate of drug-likeness (QED) is 0.728. The Labute approximate surface area is 111 Å². The van der Waals surface area contributed by atoms with Crippen molar-refractivity contribution in [1.82, 2.24) is 9.80 Å². The van der Waals surface area contributed by atoms with Crippen LogP contribution in [-0.4, -0.2) is 60.6 Å². The van der Waals surface area contributed by atoms with Crippen molar-refractivity contribution in [2.75, 3.05) is 26.1 Å². The van der Waals surface area contributed by atoms with Gasteiger partial charge in [-0.05, 0) is 34.1 Å². The van der Waals surface area contributed by atoms with Crippen LogP contribution in [0, 0.1) is 0 Å². The first-order chi connectivity index (χ1) is 8.48. The number of piperazine rings is 1. The molecule has 0 aliphatic carbocycles. The molecule has 1 aliphatic heterocycles. The molecule has 0 saturated carbocycles. The van der Waals surface area contributed by atoms with E-state index in [2.05, 4.69) is 0 Å². The Bertz CT molecular complexity index is 331. The summed E-state index contributed by atoms with van der Waals surface area (Å²) in [6.45, 7) is 2.92. The largest absolute Gasteiger partial charge is 0.492 e. The van der Waals surface area contributed by atoms with Crippen LogP contribution in [0.15, 0.2) is 0 Å². The molecule has 0 aromatic rings. The van der Waals surface area contributed by atoms with Crippen LogP contribution >= 0.6 is 0 Å². The molecule has 4 nitrogen and oxygen atoms in total. The highest BCUT2D eigenvalue weighted by Gasteiger charge is 2.34. The van der Waals surface area contributed by atoms with E-state index in [0.29, 0.717) is 0 Å². The Kier molecular flexibility index (Phi) is 4.76. The molecular formula is C11H21BF3N2O2-. The van der Waals surface area contributed by atoms with Crippen molar-refractivity contribution in [2.45, 2.75) is 39.3 Å². The Hall–Kier alpha value is -0.915. The van der Waals surface area contributed by atoms with Crippen molar-refractivity contribution < 1.29 is 22.5 Å². The molecule has 0 N–H and O–H groups in total. The van der Waals surface area contributed by atoms with Crippen LogP contribution in [0.1, 0.15) is 27.7 Å². The summed E-state index contributed by atoms with van der Waals surface area (Å²) in [4.78, 5) is 14.7. The summed E-state index contributed by atoms with van der Waals surface area (Å²) in [6.07, 6.45) is -1.33. The summed E-state index contributed by atoms with van der Waals surface area (Å²) in [5.41, 5.74) is -0.594. The summed E-state index contributed by atoms with van der Waals surface area (Å²) in [5.74, 6) is 0. The molecule has 1 atom stereocenters. The zero-order valence-corrected chi connectivity index (χ0v) is 11.8. The third-order valence-corrected chi connectivity index (χ3v) is 2.80. The smallest absolute Gasteiger partial charge is 0.448 e. The summed E-state index contributed by atoms with van der Waals surface area (Å²) < 4.78 is 42.3. The topological polar surface area (TPSA) is 32.8 Å². The lowest BCUT2D eigenvalue weighted by Gasteiger charge is -2.41. The highest BCUT2D eigenvalue weighted by molar-refractivity contribution is 6.58. The second-order valence-electron chi connectivity index (χ2n) is 5.99. The van der Waals surface area contributed by atoms with Gasteiger partial charge in [0.2, 0.25) is 0 Å². The van der Waals surface area contributed by atoms with Gasteiger partial charge >= 0.3 is 13.1 Å². The third-order valence-electron chi connectivity index (χ3n) is 2.80. The fraction of sp³-hybridized carbons (Fsp3) is 0.909. The molecule has 1 fully saturated rings. The van der Waals surface area contributed by atoms with Crippen LogP contribution in [-0.2, 0) is 4.74 Å². The number of rotatable bonds is 2. The monoisotopic (exact) mass is 281 g/mol. The maximum atomic E-state index is 12.4. The van der Waals surface area contributed by atoms with Gasteiger partial charge in [0.05, 0.1) is 0 Å². The van der Waals surface area contributed by atoms with Crippen molar-refractivity contribution in [1.29, 1.82) is 0 Å². The number of carbonyl (C=O) groups is 1. The van der Waals surface area contributed by atoms with Crippen LogP contribution in [0.2, 0.25) is 0 Å². The second-order valence-corrected chi connectivity index (χ2v) is 5.99. The normalized spacial score (nSPS) is 22.5. The standard InChI is InChI=1S/C11H21BF3N2O2/c1-9-7-16(8-12(13,14)15)5-6-17(9)10(18)19-11(2,3)4/h9H,5-8H2,1-4H3/q-1/t9-/m1/s1. The Morgan fingerprint density at radius 2 is 1.89 bits per heavy atom. The molecular weight excluding hydrogens is 260 g/mol. The van der Waals surface area contributed by atoms with Gasteiger partial charge in [-0.25, -0.2) is 4.79 Å². The SMILES string of the molecule is C[C@@H]1CN(C[B-](F)(F)F)CCN1C(=O)OC(C)(C)C. The Morgan fingerprint density at radius 1 is 1.32 bits per heavy atom. The maximum absolute atomic E-state index is 12.4. The molecule has 8 heteroatoms. The average Bonchev–Trinajstić information content (AvgIpc) is 2.11. The van der Waals surface area contributed by atoms with Gasteiger partial charge in [0.1, 0.15) is 5.60 Å². The average molecular weight is 281 g/mol. The first-order valence-electron chi connectivity index (χ1n) is 6.41. The van der Waals surface area contributed by atoms with Gasteiger partial charge < -0.3 is 27.5 Å².